The number of allylic oxidation sites excluding steroid dienone is 14. The first kappa shape index (κ1) is 50.7. The summed E-state index contributed by atoms with van der Waals surface area (Å²) in [7, 11) is 0. The van der Waals surface area contributed by atoms with Gasteiger partial charge in [-0.2, -0.15) is 26.3 Å². The first-order valence-electron chi connectivity index (χ1n) is 26.5. The van der Waals surface area contributed by atoms with Gasteiger partial charge in [0.05, 0.1) is 22.6 Å². The lowest BCUT2D eigenvalue weighted by Gasteiger charge is -2.32. The lowest BCUT2D eigenvalue weighted by atomic mass is 9.78. The second kappa shape index (κ2) is 20.2. The van der Waals surface area contributed by atoms with Gasteiger partial charge in [-0.15, -0.1) is 0 Å². The van der Waals surface area contributed by atoms with Crippen LogP contribution in [0.2, 0.25) is 0 Å². The fraction of sp³-hybridized carbons (Fsp3) is 0.273. The first-order chi connectivity index (χ1) is 36.6. The Morgan fingerprint density at radius 2 is 1.51 bits per heavy atom. The van der Waals surface area contributed by atoms with Crippen molar-refractivity contribution >= 4 is 67.4 Å². The van der Waals surface area contributed by atoms with Gasteiger partial charge in [-0.1, -0.05) is 123 Å². The number of ether oxygens (including phenoxy) is 1. The van der Waals surface area contributed by atoms with E-state index >= 15 is 0 Å². The maximum atomic E-state index is 14.2. The summed E-state index contributed by atoms with van der Waals surface area (Å²) in [4.78, 5) is 4.03. The molecule has 5 aromatic carbocycles. The van der Waals surface area contributed by atoms with Crippen molar-refractivity contribution in [3.8, 4) is 0 Å². The first-order valence-corrected chi connectivity index (χ1v) is 26.5. The molecule has 2 heterocycles. The van der Waals surface area contributed by atoms with E-state index in [0.29, 0.717) is 34.3 Å². The van der Waals surface area contributed by atoms with Crippen LogP contribution in [-0.4, -0.2) is 6.18 Å². The highest BCUT2D eigenvalue weighted by molar-refractivity contribution is 6.18. The normalized spacial score (nSPS) is 20.5. The smallest absolute Gasteiger partial charge is 0.416 e. The molecule has 5 aliphatic rings. The van der Waals surface area contributed by atoms with Crippen molar-refractivity contribution in [2.45, 2.75) is 104 Å². The van der Waals surface area contributed by atoms with Gasteiger partial charge in [-0.25, -0.2) is 0 Å². The summed E-state index contributed by atoms with van der Waals surface area (Å²) in [6.07, 6.45) is 23.6. The highest BCUT2D eigenvalue weighted by Gasteiger charge is 2.38. The summed E-state index contributed by atoms with van der Waals surface area (Å²) < 4.78 is 99.2. The Morgan fingerprint density at radius 3 is 2.28 bits per heavy atom. The Labute approximate surface area is 440 Å². The number of hydrogen-bond acceptors (Lipinski definition) is 4. The fourth-order valence-corrected chi connectivity index (χ4v) is 12.2. The van der Waals surface area contributed by atoms with Crippen LogP contribution in [0.15, 0.2) is 190 Å². The number of rotatable bonds is 9. The second-order valence-corrected chi connectivity index (χ2v) is 20.8. The number of nitrogens with zero attached hydrogens (tertiary/aromatic N) is 2. The third-order valence-corrected chi connectivity index (χ3v) is 16.1. The summed E-state index contributed by atoms with van der Waals surface area (Å²) in [5.41, 5.74) is 7.83. The van der Waals surface area contributed by atoms with Crippen LogP contribution in [0.25, 0.3) is 44.7 Å². The van der Waals surface area contributed by atoms with E-state index in [-0.39, 0.29) is 11.8 Å². The highest BCUT2D eigenvalue weighted by atomic mass is 19.4. The average Bonchev–Trinajstić information content (AvgIpc) is 3.80. The second-order valence-electron chi connectivity index (χ2n) is 20.8. The Morgan fingerprint density at radius 1 is 0.737 bits per heavy atom. The van der Waals surface area contributed by atoms with E-state index in [1.54, 1.807) is 0 Å². The van der Waals surface area contributed by atoms with Gasteiger partial charge in [0.15, 0.2) is 5.58 Å². The molecular weight excluding hydrogens is 967 g/mol. The Hall–Kier alpha value is -7.46. The summed E-state index contributed by atoms with van der Waals surface area (Å²) in [5, 5.41) is 4.36. The molecule has 0 N–H and O–H groups in total. The molecule has 388 valence electrons. The van der Waals surface area contributed by atoms with Crippen LogP contribution >= 0.6 is 0 Å². The number of benzene rings is 5. The predicted molar refractivity (Wildman–Crippen MR) is 298 cm³/mol. The molecule has 6 aromatic rings. The molecule has 4 aliphatic carbocycles. The van der Waals surface area contributed by atoms with Crippen molar-refractivity contribution in [1.82, 2.24) is 0 Å². The topological polar surface area (TPSA) is 28.9 Å². The van der Waals surface area contributed by atoms with Crippen molar-refractivity contribution in [2.24, 2.45) is 11.8 Å². The highest BCUT2D eigenvalue weighted by Crippen LogP contribution is 2.51. The van der Waals surface area contributed by atoms with Crippen LogP contribution < -0.4 is 9.80 Å². The molecule has 76 heavy (non-hydrogen) atoms. The minimum atomic E-state index is -4.54. The molecule has 1 aliphatic heterocycles. The van der Waals surface area contributed by atoms with Gasteiger partial charge in [-0.05, 0) is 160 Å². The number of fused-ring (bicyclic) bond motifs is 8. The molecule has 1 saturated carbocycles. The van der Waals surface area contributed by atoms with E-state index in [0.717, 1.165) is 147 Å². The van der Waals surface area contributed by atoms with Crippen LogP contribution in [0.1, 0.15) is 112 Å². The molecule has 11 rings (SSSR count). The van der Waals surface area contributed by atoms with Crippen molar-refractivity contribution in [1.29, 1.82) is 0 Å². The van der Waals surface area contributed by atoms with Gasteiger partial charge in [0, 0.05) is 56.4 Å². The standard InChI is InChI=1S/C66H60F6N2O2/c1-6-44-31-39-56(73(42(4)29-28-41(3)65(67,68)69)57-27-17-25-53-51-24-16-15-21-49(62(51)76-63(53)57)45-19-9-7-10-20-45)54-37-30-46-32-38-55(43(5)59(46)60(44)54)74(48-35-33-47(34-36-48)66(70,71)72)58-26-12-8-11-22-52-50-23-14-13-18-40(2)61(50)75-64(52)58/h6,12,14-18,21,23-39,45,49,52H,1,7-11,13,19-20,22H2,2-5H3/b26-12?,41-28+,42-29+,64-58-. The minimum absolute atomic E-state index is 0.0657. The molecule has 2 unspecified atom stereocenters. The maximum absolute atomic E-state index is 14.2. The molecule has 10 heteroatoms. The monoisotopic (exact) mass is 1030 g/mol. The van der Waals surface area contributed by atoms with Crippen molar-refractivity contribution in [2.75, 3.05) is 9.80 Å². The third-order valence-electron chi connectivity index (χ3n) is 16.1. The lowest BCUT2D eigenvalue weighted by molar-refractivity contribution is -0.137. The van der Waals surface area contributed by atoms with Crippen molar-refractivity contribution in [3.63, 3.8) is 0 Å². The molecule has 0 bridgehead atoms. The molecule has 0 amide bonds. The molecule has 1 fully saturated rings. The van der Waals surface area contributed by atoms with Crippen LogP contribution in [0.3, 0.4) is 0 Å². The SMILES string of the molecule is C=Cc1ccc(N(/C(C)=C/C=C(\C)C(F)(F)F)c2cccc3c4c(oc23)C(C2CCCCC2)C=CC=C4)c2ccc3ccc(N(/C4=C5\OC6=C(C=CCC=C6C)C5CCCC=C4)c4ccc(C(F)(F)F)cc4)c(C)c3c12. The van der Waals surface area contributed by atoms with Gasteiger partial charge in [0.1, 0.15) is 17.3 Å². The molecular formula is C66H60F6N2O2. The van der Waals surface area contributed by atoms with Gasteiger partial charge < -0.3 is 19.0 Å². The largest absolute Gasteiger partial charge is 0.458 e. The maximum Gasteiger partial charge on any atom is 0.416 e. The Bertz CT molecular complexity index is 3600. The number of alkyl halides is 6. The van der Waals surface area contributed by atoms with E-state index in [1.165, 1.54) is 37.5 Å². The van der Waals surface area contributed by atoms with E-state index in [1.807, 2.05) is 66.1 Å². The van der Waals surface area contributed by atoms with E-state index in [9.17, 15) is 26.3 Å². The number of aryl methyl sites for hydroxylation is 1. The van der Waals surface area contributed by atoms with Crippen molar-refractivity contribution < 1.29 is 35.5 Å². The van der Waals surface area contributed by atoms with Gasteiger partial charge >= 0.3 is 12.4 Å². The molecule has 0 saturated heterocycles. The number of halogens is 6. The third kappa shape index (κ3) is 9.17. The van der Waals surface area contributed by atoms with Crippen LogP contribution in [0.4, 0.5) is 49.1 Å². The number of anilines is 4. The van der Waals surface area contributed by atoms with Crippen LogP contribution in [0.5, 0.6) is 0 Å². The van der Waals surface area contributed by atoms with E-state index < -0.39 is 23.5 Å². The van der Waals surface area contributed by atoms with E-state index in [4.69, 9.17) is 9.15 Å². The molecule has 0 spiro atoms. The number of para-hydroxylation sites is 1. The molecule has 2 atom stereocenters. The van der Waals surface area contributed by atoms with Crippen LogP contribution in [0, 0.1) is 18.8 Å². The average molecular weight is 1030 g/mol. The molecule has 4 nitrogen and oxygen atoms in total. The lowest BCUT2D eigenvalue weighted by Crippen LogP contribution is -2.21. The Balaban J connectivity index is 1.15. The molecule has 0 radical (unpaired) electrons. The van der Waals surface area contributed by atoms with Crippen molar-refractivity contribution in [3.05, 3.63) is 214 Å². The predicted octanol–water partition coefficient (Wildman–Crippen LogP) is 20.4. The number of furan rings is 1. The zero-order valence-electron chi connectivity index (χ0n) is 43.2. The zero-order chi connectivity index (χ0) is 53.0. The summed E-state index contributed by atoms with van der Waals surface area (Å²) in [6, 6.07) is 23.4. The van der Waals surface area contributed by atoms with Gasteiger partial charge in [0.2, 0.25) is 0 Å². The molecule has 1 aromatic heterocycles. The Kier molecular flexibility index (Phi) is 13.5. The van der Waals surface area contributed by atoms with Crippen LogP contribution in [-0.2, 0) is 10.9 Å². The summed E-state index contributed by atoms with van der Waals surface area (Å²) >= 11 is 0. The zero-order valence-corrected chi connectivity index (χ0v) is 43.2. The summed E-state index contributed by atoms with van der Waals surface area (Å²) in [6.45, 7) is 11.3. The van der Waals surface area contributed by atoms with Gasteiger partial charge in [-0.3, -0.25) is 0 Å². The minimum Gasteiger partial charge on any atom is -0.458 e. The fourth-order valence-electron chi connectivity index (χ4n) is 12.2. The van der Waals surface area contributed by atoms with Gasteiger partial charge in [0.25, 0.3) is 0 Å². The quantitative estimate of drug-likeness (QED) is 0.0820. The number of hydrogen-bond donors (Lipinski definition) is 0. The summed E-state index contributed by atoms with van der Waals surface area (Å²) in [5.74, 6) is 2.85. The van der Waals surface area contributed by atoms with E-state index in [2.05, 4.69) is 86.4 Å².